The maximum atomic E-state index is 12.1. The van der Waals surface area contributed by atoms with Gasteiger partial charge in [0.15, 0.2) is 0 Å². The summed E-state index contributed by atoms with van der Waals surface area (Å²) in [6.07, 6.45) is 1.51. The Morgan fingerprint density at radius 1 is 1.50 bits per heavy atom. The normalized spacial score (nSPS) is 22.1. The summed E-state index contributed by atoms with van der Waals surface area (Å²) in [6, 6.07) is 0. The molecular formula is C16H26N2O3S. The Balaban J connectivity index is 1.86. The molecule has 0 radical (unpaired) electrons. The molecule has 0 spiro atoms. The lowest BCUT2D eigenvalue weighted by Gasteiger charge is -2.27. The molecule has 1 aliphatic heterocycles. The van der Waals surface area contributed by atoms with Gasteiger partial charge in [-0.25, -0.2) is 9.78 Å². The predicted molar refractivity (Wildman–Crippen MR) is 87.1 cm³/mol. The van der Waals surface area contributed by atoms with Crippen LogP contribution in [0, 0.1) is 0 Å². The minimum Gasteiger partial charge on any atom is -0.444 e. The molecule has 5 nitrogen and oxygen atoms in total. The first-order valence-electron chi connectivity index (χ1n) is 7.76. The molecule has 1 fully saturated rings. The van der Waals surface area contributed by atoms with Crippen LogP contribution in [0.1, 0.15) is 51.7 Å². The smallest absolute Gasteiger partial charge is 0.410 e. The van der Waals surface area contributed by atoms with E-state index in [1.54, 1.807) is 16.2 Å². The maximum absolute atomic E-state index is 12.1. The topological polar surface area (TPSA) is 51.7 Å². The second-order valence-corrected chi connectivity index (χ2v) is 7.92. The molecule has 1 aromatic heterocycles. The van der Waals surface area contributed by atoms with Gasteiger partial charge in [0.1, 0.15) is 5.60 Å². The first kappa shape index (κ1) is 17.2. The first-order chi connectivity index (χ1) is 10.2. The number of ether oxygens (including phenoxy) is 2. The van der Waals surface area contributed by atoms with Crippen LogP contribution in [0.3, 0.4) is 0 Å². The summed E-state index contributed by atoms with van der Waals surface area (Å²) in [7, 11) is 0. The number of aromatic nitrogens is 1. The summed E-state index contributed by atoms with van der Waals surface area (Å²) in [5.74, 6) is 0. The van der Waals surface area contributed by atoms with E-state index in [1.807, 2.05) is 33.1 Å². The van der Waals surface area contributed by atoms with Crippen LogP contribution in [0.2, 0.25) is 0 Å². The van der Waals surface area contributed by atoms with Crippen molar-refractivity contribution in [2.75, 3.05) is 13.1 Å². The van der Waals surface area contributed by atoms with Gasteiger partial charge in [-0.15, -0.1) is 11.3 Å². The molecule has 0 bridgehead atoms. The van der Waals surface area contributed by atoms with Gasteiger partial charge in [-0.1, -0.05) is 6.92 Å². The van der Waals surface area contributed by atoms with Gasteiger partial charge in [0.2, 0.25) is 0 Å². The van der Waals surface area contributed by atoms with Crippen molar-refractivity contribution in [2.45, 2.75) is 65.3 Å². The second kappa shape index (κ2) is 6.54. The Morgan fingerprint density at radius 3 is 2.82 bits per heavy atom. The van der Waals surface area contributed by atoms with Crippen LogP contribution in [-0.2, 0) is 22.5 Å². The van der Waals surface area contributed by atoms with E-state index in [2.05, 4.69) is 11.9 Å². The van der Waals surface area contributed by atoms with E-state index in [9.17, 15) is 4.79 Å². The largest absolute Gasteiger partial charge is 0.444 e. The van der Waals surface area contributed by atoms with E-state index in [-0.39, 0.29) is 11.7 Å². The van der Waals surface area contributed by atoms with Gasteiger partial charge >= 0.3 is 6.09 Å². The predicted octanol–water partition coefficient (Wildman–Crippen LogP) is 3.62. The lowest BCUT2D eigenvalue weighted by atomic mass is 10.1. The molecule has 1 unspecified atom stereocenters. The lowest BCUT2D eigenvalue weighted by molar-refractivity contribution is -0.0385. The third-order valence-electron chi connectivity index (χ3n) is 3.56. The number of carbonyl (C=O) groups excluding carboxylic acids is 1. The van der Waals surface area contributed by atoms with Crippen molar-refractivity contribution in [3.05, 3.63) is 16.1 Å². The van der Waals surface area contributed by atoms with Crippen LogP contribution >= 0.6 is 11.3 Å². The van der Waals surface area contributed by atoms with Gasteiger partial charge < -0.3 is 14.4 Å². The molecule has 2 rings (SSSR count). The van der Waals surface area contributed by atoms with Gasteiger partial charge in [-0.05, 0) is 40.5 Å². The number of likely N-dealkylation sites (tertiary alicyclic amines) is 1. The summed E-state index contributed by atoms with van der Waals surface area (Å²) in [5.41, 5.74) is 0.180. The molecule has 1 amide bonds. The molecule has 6 heteroatoms. The van der Waals surface area contributed by atoms with E-state index in [0.29, 0.717) is 19.7 Å². The molecule has 2 heterocycles. The van der Waals surface area contributed by atoms with Crippen molar-refractivity contribution >= 4 is 17.4 Å². The number of nitrogens with zero attached hydrogens (tertiary/aromatic N) is 2. The number of aryl methyl sites for hydroxylation is 1. The van der Waals surface area contributed by atoms with Crippen LogP contribution in [0.4, 0.5) is 4.79 Å². The summed E-state index contributed by atoms with van der Waals surface area (Å²) >= 11 is 1.67. The van der Waals surface area contributed by atoms with E-state index in [4.69, 9.17) is 9.47 Å². The minimum atomic E-state index is -0.464. The van der Waals surface area contributed by atoms with Gasteiger partial charge in [-0.2, -0.15) is 0 Å². The Hall–Kier alpha value is -1.14. The highest BCUT2D eigenvalue weighted by molar-refractivity contribution is 7.09. The lowest BCUT2D eigenvalue weighted by Crippen LogP contribution is -2.39. The van der Waals surface area contributed by atoms with E-state index in [0.717, 1.165) is 23.5 Å². The zero-order valence-corrected chi connectivity index (χ0v) is 15.0. The molecule has 22 heavy (non-hydrogen) atoms. The summed E-state index contributed by atoms with van der Waals surface area (Å²) < 4.78 is 11.5. The number of thiazole rings is 1. The van der Waals surface area contributed by atoms with Crippen LogP contribution in [-0.4, -0.2) is 40.3 Å². The molecule has 1 aromatic rings. The van der Waals surface area contributed by atoms with Crippen molar-refractivity contribution in [2.24, 2.45) is 0 Å². The van der Waals surface area contributed by atoms with Crippen molar-refractivity contribution in [3.8, 4) is 0 Å². The van der Waals surface area contributed by atoms with E-state index >= 15 is 0 Å². The number of hydrogen-bond acceptors (Lipinski definition) is 5. The zero-order chi connectivity index (χ0) is 16.4. The molecule has 0 N–H and O–H groups in total. The molecular weight excluding hydrogens is 300 g/mol. The fourth-order valence-corrected chi connectivity index (χ4v) is 3.09. The molecule has 124 valence electrons. The maximum Gasteiger partial charge on any atom is 0.410 e. The molecule has 1 saturated heterocycles. The number of hydrogen-bond donors (Lipinski definition) is 0. The highest BCUT2D eigenvalue weighted by Crippen LogP contribution is 2.27. The summed E-state index contributed by atoms with van der Waals surface area (Å²) in [5, 5.41) is 3.17. The minimum absolute atomic E-state index is 0.262. The Labute approximate surface area is 136 Å². The fraction of sp³-hybridized carbons (Fsp3) is 0.750. The van der Waals surface area contributed by atoms with Crippen molar-refractivity contribution in [3.63, 3.8) is 0 Å². The first-order valence-corrected chi connectivity index (χ1v) is 8.64. The van der Waals surface area contributed by atoms with Crippen LogP contribution < -0.4 is 0 Å². The van der Waals surface area contributed by atoms with E-state index < -0.39 is 5.60 Å². The van der Waals surface area contributed by atoms with Crippen molar-refractivity contribution in [1.82, 2.24) is 9.88 Å². The zero-order valence-electron chi connectivity index (χ0n) is 14.1. The molecule has 0 saturated carbocycles. The number of amides is 1. The van der Waals surface area contributed by atoms with Crippen molar-refractivity contribution in [1.29, 1.82) is 0 Å². The van der Waals surface area contributed by atoms with Crippen molar-refractivity contribution < 1.29 is 14.3 Å². The van der Waals surface area contributed by atoms with Gasteiger partial charge in [0, 0.05) is 11.9 Å². The second-order valence-electron chi connectivity index (χ2n) is 6.98. The third kappa shape index (κ3) is 4.68. The quantitative estimate of drug-likeness (QED) is 0.848. The highest BCUT2D eigenvalue weighted by atomic mass is 32.1. The number of carbonyl (C=O) groups is 1. The SMILES string of the molecule is CCc1nc(COC2(C)CCN(C(=O)OC(C)(C)C)C2)cs1. The monoisotopic (exact) mass is 326 g/mol. The Bertz CT molecular complexity index is 524. The summed E-state index contributed by atoms with van der Waals surface area (Å²) in [4.78, 5) is 18.3. The van der Waals surface area contributed by atoms with Gasteiger partial charge in [-0.3, -0.25) is 0 Å². The number of rotatable bonds is 4. The fourth-order valence-electron chi connectivity index (χ4n) is 2.36. The van der Waals surface area contributed by atoms with E-state index in [1.165, 1.54) is 0 Å². The molecule has 1 atom stereocenters. The molecule has 1 aliphatic rings. The van der Waals surface area contributed by atoms with Gasteiger partial charge in [0.05, 0.1) is 29.5 Å². The average Bonchev–Trinajstić information content (AvgIpc) is 3.01. The third-order valence-corrected chi connectivity index (χ3v) is 4.60. The Morgan fingerprint density at radius 2 is 2.23 bits per heavy atom. The molecule has 0 aliphatic carbocycles. The Kier molecular flexibility index (Phi) is 5.12. The molecule has 0 aromatic carbocycles. The van der Waals surface area contributed by atoms with Crippen LogP contribution in [0.5, 0.6) is 0 Å². The van der Waals surface area contributed by atoms with Crippen LogP contribution in [0.15, 0.2) is 5.38 Å². The summed E-state index contributed by atoms with van der Waals surface area (Å²) in [6.45, 7) is 11.5. The highest BCUT2D eigenvalue weighted by Gasteiger charge is 2.38. The van der Waals surface area contributed by atoms with Gasteiger partial charge in [0.25, 0.3) is 0 Å². The standard InChI is InChI=1S/C16H26N2O3S/c1-6-13-17-12(10-22-13)9-20-16(5)7-8-18(11-16)14(19)21-15(2,3)4/h10H,6-9,11H2,1-5H3. The van der Waals surface area contributed by atoms with Crippen LogP contribution in [0.25, 0.3) is 0 Å². The average molecular weight is 326 g/mol.